The number of hydrogen-bond acceptors (Lipinski definition) is 0. The molecule has 0 spiro atoms. The van der Waals surface area contributed by atoms with E-state index in [0.717, 1.165) is 18.8 Å². The van der Waals surface area contributed by atoms with Crippen LogP contribution < -0.4 is 0 Å². The summed E-state index contributed by atoms with van der Waals surface area (Å²) in [6.07, 6.45) is 5.22. The molecule has 1 aromatic rings. The van der Waals surface area contributed by atoms with Crippen LogP contribution >= 0.6 is 15.9 Å². The lowest BCUT2D eigenvalue weighted by atomic mass is 9.80. The Morgan fingerprint density at radius 3 is 2.28 bits per heavy atom. The summed E-state index contributed by atoms with van der Waals surface area (Å²) in [5.74, 6) is 0.485. The lowest BCUT2D eigenvalue weighted by molar-refractivity contribution is 0.284. The molecule has 1 aliphatic rings. The van der Waals surface area contributed by atoms with Gasteiger partial charge in [-0.2, -0.15) is 0 Å². The minimum absolute atomic E-state index is 0.177. The van der Waals surface area contributed by atoms with E-state index in [1.807, 2.05) is 0 Å². The molecule has 1 aromatic carbocycles. The van der Waals surface area contributed by atoms with Gasteiger partial charge in [0.05, 0.1) is 0 Å². The topological polar surface area (TPSA) is 0 Å². The molecule has 0 radical (unpaired) electrons. The van der Waals surface area contributed by atoms with E-state index in [4.69, 9.17) is 0 Å². The van der Waals surface area contributed by atoms with Crippen LogP contribution in [0.15, 0.2) is 18.2 Å². The van der Waals surface area contributed by atoms with Crippen molar-refractivity contribution in [2.75, 3.05) is 0 Å². The van der Waals surface area contributed by atoms with Gasteiger partial charge in [0.15, 0.2) is 0 Å². The average Bonchev–Trinajstić information content (AvgIpc) is 2.34. The second-order valence-corrected chi connectivity index (χ2v) is 6.62. The van der Waals surface area contributed by atoms with Crippen LogP contribution in [0, 0.1) is 23.5 Å². The van der Waals surface area contributed by atoms with Crippen LogP contribution in [0.5, 0.6) is 0 Å². The number of benzene rings is 1. The summed E-state index contributed by atoms with van der Waals surface area (Å²) >= 11 is 3.63. The van der Waals surface area contributed by atoms with Gasteiger partial charge < -0.3 is 0 Å². The van der Waals surface area contributed by atoms with Crippen molar-refractivity contribution in [3.05, 3.63) is 35.4 Å². The van der Waals surface area contributed by atoms with Crippen molar-refractivity contribution in [2.24, 2.45) is 11.8 Å². The third-order valence-corrected chi connectivity index (χ3v) is 5.10. The molecule has 2 rings (SSSR count). The summed E-state index contributed by atoms with van der Waals surface area (Å²) in [6.45, 7) is 2.27. The zero-order valence-electron chi connectivity index (χ0n) is 10.6. The highest BCUT2D eigenvalue weighted by molar-refractivity contribution is 9.09. The number of hydrogen-bond donors (Lipinski definition) is 0. The zero-order valence-corrected chi connectivity index (χ0v) is 12.2. The maximum atomic E-state index is 13.6. The van der Waals surface area contributed by atoms with E-state index in [9.17, 15) is 8.78 Å². The van der Waals surface area contributed by atoms with E-state index in [1.54, 1.807) is 0 Å². The van der Waals surface area contributed by atoms with E-state index in [2.05, 4.69) is 22.9 Å². The number of alkyl halides is 1. The van der Waals surface area contributed by atoms with Gasteiger partial charge >= 0.3 is 0 Å². The van der Waals surface area contributed by atoms with E-state index < -0.39 is 11.6 Å². The monoisotopic (exact) mass is 316 g/mol. The molecule has 0 bridgehead atoms. The Balaban J connectivity index is 2.00. The van der Waals surface area contributed by atoms with Gasteiger partial charge in [-0.05, 0) is 43.2 Å². The molecule has 1 atom stereocenters. The van der Waals surface area contributed by atoms with Gasteiger partial charge in [0.2, 0.25) is 0 Å². The third-order valence-electron chi connectivity index (χ3n) is 4.03. The quantitative estimate of drug-likeness (QED) is 0.681. The Morgan fingerprint density at radius 2 is 1.72 bits per heavy atom. The highest BCUT2D eigenvalue weighted by Crippen LogP contribution is 2.35. The zero-order chi connectivity index (χ0) is 13.1. The van der Waals surface area contributed by atoms with Gasteiger partial charge in [0, 0.05) is 10.4 Å². The summed E-state index contributed by atoms with van der Waals surface area (Å²) in [7, 11) is 0. The first kappa shape index (κ1) is 14.0. The smallest absolute Gasteiger partial charge is 0.129 e. The predicted molar refractivity (Wildman–Crippen MR) is 73.9 cm³/mol. The van der Waals surface area contributed by atoms with Gasteiger partial charge in [0.1, 0.15) is 11.6 Å². The van der Waals surface area contributed by atoms with Crippen molar-refractivity contribution in [1.29, 1.82) is 0 Å². The minimum atomic E-state index is -0.427. The molecule has 0 aromatic heterocycles. The van der Waals surface area contributed by atoms with E-state index >= 15 is 0 Å². The average molecular weight is 317 g/mol. The van der Waals surface area contributed by atoms with Crippen LogP contribution in [0.2, 0.25) is 0 Å². The fourth-order valence-corrected chi connectivity index (χ4v) is 3.59. The maximum Gasteiger partial charge on any atom is 0.129 e. The molecule has 0 N–H and O–H groups in total. The van der Waals surface area contributed by atoms with Gasteiger partial charge in [-0.3, -0.25) is 0 Å². The Morgan fingerprint density at radius 1 is 1.17 bits per heavy atom. The largest absolute Gasteiger partial charge is 0.207 e. The van der Waals surface area contributed by atoms with Crippen LogP contribution in [0.4, 0.5) is 8.78 Å². The molecule has 3 heteroatoms. The first-order valence-corrected chi connectivity index (χ1v) is 7.56. The van der Waals surface area contributed by atoms with E-state index in [0.29, 0.717) is 12.3 Å². The Hall–Kier alpha value is -0.440. The summed E-state index contributed by atoms with van der Waals surface area (Å²) < 4.78 is 27.2. The molecule has 1 fully saturated rings. The molecular weight excluding hydrogens is 298 g/mol. The number of rotatable bonds is 3. The third kappa shape index (κ3) is 3.31. The van der Waals surface area contributed by atoms with Crippen LogP contribution in [0.1, 0.15) is 38.2 Å². The lowest BCUT2D eigenvalue weighted by Gasteiger charge is -2.30. The lowest BCUT2D eigenvalue weighted by Crippen LogP contribution is -2.23. The van der Waals surface area contributed by atoms with Gasteiger partial charge in [-0.1, -0.05) is 41.8 Å². The summed E-state index contributed by atoms with van der Waals surface area (Å²) in [4.78, 5) is 0.177. The van der Waals surface area contributed by atoms with Crippen molar-refractivity contribution in [1.82, 2.24) is 0 Å². The molecular formula is C15H19BrF2. The predicted octanol–water partition coefficient (Wildman–Crippen LogP) is 5.10. The second kappa shape index (κ2) is 6.14. The van der Waals surface area contributed by atoms with Gasteiger partial charge in [0.25, 0.3) is 0 Å². The molecule has 1 aliphatic carbocycles. The Labute approximate surface area is 116 Å². The van der Waals surface area contributed by atoms with Crippen LogP contribution in [-0.4, -0.2) is 4.83 Å². The van der Waals surface area contributed by atoms with Crippen LogP contribution in [-0.2, 0) is 6.42 Å². The van der Waals surface area contributed by atoms with Crippen molar-refractivity contribution in [2.45, 2.75) is 43.9 Å². The molecule has 0 nitrogen and oxygen atoms in total. The first-order valence-electron chi connectivity index (χ1n) is 6.65. The van der Waals surface area contributed by atoms with Crippen molar-refractivity contribution >= 4 is 15.9 Å². The summed E-state index contributed by atoms with van der Waals surface area (Å²) in [5.41, 5.74) is 0.220. The molecule has 18 heavy (non-hydrogen) atoms. The minimum Gasteiger partial charge on any atom is -0.207 e. The van der Waals surface area contributed by atoms with Crippen molar-refractivity contribution in [3.8, 4) is 0 Å². The summed E-state index contributed by atoms with van der Waals surface area (Å²) in [6, 6.07) is 4.09. The van der Waals surface area contributed by atoms with Crippen LogP contribution in [0.25, 0.3) is 0 Å². The Kier molecular flexibility index (Phi) is 4.77. The maximum absolute atomic E-state index is 13.6. The first-order chi connectivity index (χ1) is 8.58. The van der Waals surface area contributed by atoms with Gasteiger partial charge in [-0.25, -0.2) is 8.78 Å². The molecule has 0 heterocycles. The SMILES string of the molecule is CC1CCC(C(Br)Cc2c(F)cccc2F)CC1. The standard InChI is InChI=1S/C15H19BrF2/c1-10-5-7-11(8-6-10)13(16)9-12-14(17)3-2-4-15(12)18/h2-4,10-11,13H,5-9H2,1H3. The van der Waals surface area contributed by atoms with Gasteiger partial charge in [-0.15, -0.1) is 0 Å². The fourth-order valence-electron chi connectivity index (χ4n) is 2.74. The normalized spacial score (nSPS) is 26.0. The summed E-state index contributed by atoms with van der Waals surface area (Å²) in [5, 5.41) is 0. The highest BCUT2D eigenvalue weighted by Gasteiger charge is 2.26. The van der Waals surface area contributed by atoms with Crippen LogP contribution in [0.3, 0.4) is 0 Å². The number of halogens is 3. The van der Waals surface area contributed by atoms with Crippen molar-refractivity contribution in [3.63, 3.8) is 0 Å². The highest BCUT2D eigenvalue weighted by atomic mass is 79.9. The second-order valence-electron chi connectivity index (χ2n) is 5.44. The van der Waals surface area contributed by atoms with E-state index in [1.165, 1.54) is 31.0 Å². The molecule has 1 saturated carbocycles. The van der Waals surface area contributed by atoms with E-state index in [-0.39, 0.29) is 10.4 Å². The van der Waals surface area contributed by atoms with Crippen molar-refractivity contribution < 1.29 is 8.78 Å². The fraction of sp³-hybridized carbons (Fsp3) is 0.600. The molecule has 1 unspecified atom stereocenters. The molecule has 100 valence electrons. The Bertz CT molecular complexity index is 377. The molecule has 0 aliphatic heterocycles. The molecule has 0 saturated heterocycles. The molecule has 0 amide bonds.